The van der Waals surface area contributed by atoms with E-state index in [9.17, 15) is 9.59 Å². The average Bonchev–Trinajstić information content (AvgIpc) is 3.00. The molecule has 204 valence electrons. The Kier molecular flexibility index (Phi) is 9.71. The Labute approximate surface area is 231 Å². The monoisotopic (exact) mass is 540 g/mol. The molecule has 0 heterocycles. The standard InChI is InChI=1S/C31H28N2O7/c1-36-25-11-9-24(10-12-25)31(35)40-28-17-8-23(18-29(28)37-2)19-32-33-30(34)21-39-27-15-13-26(14-16-27)38-20-22-6-4-3-5-7-22/h3-19H,20-21H2,1-2H3,(H,33,34). The zero-order chi connectivity index (χ0) is 28.2. The van der Waals surface area contributed by atoms with Crippen LogP contribution in [0, 0.1) is 0 Å². The third-order valence-corrected chi connectivity index (χ3v) is 5.56. The Hall–Kier alpha value is -5.31. The number of amides is 1. The molecule has 0 aliphatic heterocycles. The van der Waals surface area contributed by atoms with Crippen LogP contribution in [0.1, 0.15) is 21.5 Å². The number of benzene rings is 4. The number of hydrogen-bond acceptors (Lipinski definition) is 8. The number of esters is 1. The maximum atomic E-state index is 12.5. The van der Waals surface area contributed by atoms with E-state index in [4.69, 9.17) is 23.7 Å². The Morgan fingerprint density at radius 1 is 0.750 bits per heavy atom. The SMILES string of the molecule is COc1ccc(C(=O)Oc2ccc(C=NNC(=O)COc3ccc(OCc4ccccc4)cc3)cc2OC)cc1. The summed E-state index contributed by atoms with van der Waals surface area (Å²) in [6, 6.07) is 28.3. The van der Waals surface area contributed by atoms with Gasteiger partial charge in [0.1, 0.15) is 23.9 Å². The zero-order valence-corrected chi connectivity index (χ0v) is 22.0. The van der Waals surface area contributed by atoms with Gasteiger partial charge < -0.3 is 23.7 Å². The van der Waals surface area contributed by atoms with Crippen molar-refractivity contribution in [2.75, 3.05) is 20.8 Å². The molecule has 9 nitrogen and oxygen atoms in total. The molecule has 0 fully saturated rings. The number of rotatable bonds is 12. The van der Waals surface area contributed by atoms with Crippen molar-refractivity contribution >= 4 is 18.1 Å². The second kappa shape index (κ2) is 14.0. The zero-order valence-electron chi connectivity index (χ0n) is 22.0. The van der Waals surface area contributed by atoms with Crippen molar-refractivity contribution in [1.29, 1.82) is 0 Å². The van der Waals surface area contributed by atoms with Crippen molar-refractivity contribution in [3.63, 3.8) is 0 Å². The lowest BCUT2D eigenvalue weighted by Gasteiger charge is -2.10. The predicted octanol–water partition coefficient (Wildman–Crippen LogP) is 5.03. The highest BCUT2D eigenvalue weighted by Crippen LogP contribution is 2.28. The summed E-state index contributed by atoms with van der Waals surface area (Å²) in [6.07, 6.45) is 1.44. The first-order valence-corrected chi connectivity index (χ1v) is 12.3. The van der Waals surface area contributed by atoms with Crippen LogP contribution in [0.15, 0.2) is 102 Å². The van der Waals surface area contributed by atoms with E-state index >= 15 is 0 Å². The summed E-state index contributed by atoms with van der Waals surface area (Å²) in [5.41, 5.74) is 4.47. The van der Waals surface area contributed by atoms with Crippen LogP contribution in [-0.4, -0.2) is 38.9 Å². The van der Waals surface area contributed by atoms with Crippen LogP contribution in [0.3, 0.4) is 0 Å². The van der Waals surface area contributed by atoms with E-state index in [2.05, 4.69) is 10.5 Å². The molecule has 4 aromatic carbocycles. The van der Waals surface area contributed by atoms with Crippen molar-refractivity contribution in [1.82, 2.24) is 5.43 Å². The highest BCUT2D eigenvalue weighted by Gasteiger charge is 2.13. The van der Waals surface area contributed by atoms with Gasteiger partial charge in [0.05, 0.1) is 26.0 Å². The van der Waals surface area contributed by atoms with Crippen molar-refractivity contribution in [2.24, 2.45) is 5.10 Å². The predicted molar refractivity (Wildman–Crippen MR) is 149 cm³/mol. The quantitative estimate of drug-likeness (QED) is 0.116. The molecule has 4 aromatic rings. The average molecular weight is 541 g/mol. The summed E-state index contributed by atoms with van der Waals surface area (Å²) in [4.78, 5) is 24.6. The molecular formula is C31H28N2O7. The molecule has 0 unspecified atom stereocenters. The summed E-state index contributed by atoms with van der Waals surface area (Å²) in [7, 11) is 3.01. The molecule has 0 aliphatic rings. The van der Waals surface area contributed by atoms with Crippen LogP contribution in [0.5, 0.6) is 28.7 Å². The molecule has 0 saturated heterocycles. The number of carbonyl (C=O) groups is 2. The van der Waals surface area contributed by atoms with Crippen molar-refractivity contribution in [3.05, 3.63) is 114 Å². The van der Waals surface area contributed by atoms with Gasteiger partial charge in [-0.3, -0.25) is 4.79 Å². The van der Waals surface area contributed by atoms with Gasteiger partial charge >= 0.3 is 5.97 Å². The van der Waals surface area contributed by atoms with Crippen molar-refractivity contribution in [3.8, 4) is 28.7 Å². The fraction of sp³-hybridized carbons (Fsp3) is 0.129. The van der Waals surface area contributed by atoms with Crippen LogP contribution < -0.4 is 29.1 Å². The summed E-state index contributed by atoms with van der Waals surface area (Å²) in [5.74, 6) is 1.46. The Morgan fingerprint density at radius 3 is 2.10 bits per heavy atom. The van der Waals surface area contributed by atoms with Gasteiger partial charge in [-0.1, -0.05) is 30.3 Å². The molecular weight excluding hydrogens is 512 g/mol. The van der Waals surface area contributed by atoms with Gasteiger partial charge in [-0.25, -0.2) is 10.2 Å². The van der Waals surface area contributed by atoms with E-state index in [0.29, 0.717) is 40.7 Å². The first-order valence-electron chi connectivity index (χ1n) is 12.3. The Bertz CT molecular complexity index is 1440. The Morgan fingerprint density at radius 2 is 1.43 bits per heavy atom. The minimum absolute atomic E-state index is 0.217. The molecule has 40 heavy (non-hydrogen) atoms. The highest BCUT2D eigenvalue weighted by atomic mass is 16.6. The van der Waals surface area contributed by atoms with E-state index in [1.54, 1.807) is 73.8 Å². The lowest BCUT2D eigenvalue weighted by molar-refractivity contribution is -0.123. The molecule has 1 N–H and O–H groups in total. The Balaban J connectivity index is 1.23. The lowest BCUT2D eigenvalue weighted by atomic mass is 10.2. The first kappa shape index (κ1) is 27.7. The van der Waals surface area contributed by atoms with Gasteiger partial charge in [0.15, 0.2) is 18.1 Å². The van der Waals surface area contributed by atoms with Gasteiger partial charge in [-0.2, -0.15) is 5.10 Å². The van der Waals surface area contributed by atoms with Crippen molar-refractivity contribution in [2.45, 2.75) is 6.61 Å². The molecule has 0 radical (unpaired) electrons. The highest BCUT2D eigenvalue weighted by molar-refractivity contribution is 5.92. The number of hydrogen-bond donors (Lipinski definition) is 1. The fourth-order valence-corrected chi connectivity index (χ4v) is 3.47. The van der Waals surface area contributed by atoms with Gasteiger partial charge in [0, 0.05) is 0 Å². The molecule has 0 aliphatic carbocycles. The number of hydrazone groups is 1. The van der Waals surface area contributed by atoms with E-state index < -0.39 is 11.9 Å². The number of nitrogens with zero attached hydrogens (tertiary/aromatic N) is 1. The second-order valence-corrected chi connectivity index (χ2v) is 8.36. The topological polar surface area (TPSA) is 105 Å². The van der Waals surface area contributed by atoms with Crippen LogP contribution in [0.25, 0.3) is 0 Å². The summed E-state index contributed by atoms with van der Waals surface area (Å²) in [6.45, 7) is 0.246. The third kappa shape index (κ3) is 8.09. The summed E-state index contributed by atoms with van der Waals surface area (Å²) >= 11 is 0. The number of methoxy groups -OCH3 is 2. The van der Waals surface area contributed by atoms with Gasteiger partial charge in [-0.05, 0) is 77.9 Å². The number of nitrogens with one attached hydrogen (secondary N) is 1. The maximum absolute atomic E-state index is 12.5. The van der Waals surface area contributed by atoms with Crippen LogP contribution in [0.4, 0.5) is 0 Å². The minimum Gasteiger partial charge on any atom is -0.497 e. The van der Waals surface area contributed by atoms with Gasteiger partial charge in [0.2, 0.25) is 0 Å². The normalized spacial score (nSPS) is 10.6. The third-order valence-electron chi connectivity index (χ3n) is 5.56. The van der Waals surface area contributed by atoms with E-state index in [1.807, 2.05) is 30.3 Å². The van der Waals surface area contributed by atoms with Crippen LogP contribution in [-0.2, 0) is 11.4 Å². The number of carbonyl (C=O) groups excluding carboxylic acids is 2. The molecule has 1 amide bonds. The maximum Gasteiger partial charge on any atom is 0.343 e. The van der Waals surface area contributed by atoms with E-state index in [0.717, 1.165) is 5.56 Å². The molecule has 0 atom stereocenters. The second-order valence-electron chi connectivity index (χ2n) is 8.36. The smallest absolute Gasteiger partial charge is 0.343 e. The lowest BCUT2D eigenvalue weighted by Crippen LogP contribution is -2.24. The fourth-order valence-electron chi connectivity index (χ4n) is 3.47. The number of ether oxygens (including phenoxy) is 5. The van der Waals surface area contributed by atoms with Crippen LogP contribution in [0.2, 0.25) is 0 Å². The van der Waals surface area contributed by atoms with Gasteiger partial charge in [-0.15, -0.1) is 0 Å². The molecule has 0 saturated carbocycles. The van der Waals surface area contributed by atoms with Crippen molar-refractivity contribution < 1.29 is 33.3 Å². The first-order chi connectivity index (χ1) is 19.5. The van der Waals surface area contributed by atoms with Gasteiger partial charge in [0.25, 0.3) is 5.91 Å². The van der Waals surface area contributed by atoms with Crippen LogP contribution >= 0.6 is 0 Å². The summed E-state index contributed by atoms with van der Waals surface area (Å²) < 4.78 is 27.2. The minimum atomic E-state index is -0.538. The largest absolute Gasteiger partial charge is 0.497 e. The molecule has 4 rings (SSSR count). The molecule has 0 spiro atoms. The molecule has 9 heteroatoms. The molecule has 0 bridgehead atoms. The molecule has 0 aromatic heterocycles. The van der Waals surface area contributed by atoms with E-state index in [1.165, 1.54) is 13.3 Å². The van der Waals surface area contributed by atoms with E-state index in [-0.39, 0.29) is 12.4 Å². The summed E-state index contributed by atoms with van der Waals surface area (Å²) in [5, 5.41) is 3.95.